The number of nitrogens with zero attached hydrogens (tertiary/aromatic N) is 2. The molecule has 2 unspecified atom stereocenters. The molecule has 1 heterocycles. The summed E-state index contributed by atoms with van der Waals surface area (Å²) in [6.45, 7) is 13.7. The lowest BCUT2D eigenvalue weighted by atomic mass is 9.90. The van der Waals surface area contributed by atoms with Crippen LogP contribution < -0.4 is 5.73 Å². The van der Waals surface area contributed by atoms with Gasteiger partial charge < -0.3 is 5.73 Å². The normalized spacial score (nSPS) is 20.9. The minimum atomic E-state index is 0.0943. The smallest absolute Gasteiger partial charge is 0.0455 e. The second-order valence-electron chi connectivity index (χ2n) is 6.84. The van der Waals surface area contributed by atoms with Gasteiger partial charge in [0.15, 0.2) is 0 Å². The Balaban J connectivity index is 2.06. The minimum Gasteiger partial charge on any atom is -0.323 e. The maximum Gasteiger partial charge on any atom is 0.0455 e. The summed E-state index contributed by atoms with van der Waals surface area (Å²) in [6, 6.07) is 11.7. The highest BCUT2D eigenvalue weighted by Crippen LogP contribution is 2.26. The second-order valence-corrected chi connectivity index (χ2v) is 6.84. The molecule has 3 nitrogen and oxygen atoms in total. The number of nitrogens with two attached hydrogens (primary N) is 1. The lowest BCUT2D eigenvalue weighted by Crippen LogP contribution is -2.55. The number of piperazine rings is 1. The average molecular weight is 289 g/mol. The van der Waals surface area contributed by atoms with Gasteiger partial charge in [-0.3, -0.25) is 9.80 Å². The van der Waals surface area contributed by atoms with Crippen LogP contribution in [0.5, 0.6) is 0 Å². The molecule has 2 N–H and O–H groups in total. The molecule has 1 aromatic rings. The Kier molecular flexibility index (Phi) is 5.80. The molecule has 0 saturated carbocycles. The first-order chi connectivity index (χ1) is 10.0. The van der Waals surface area contributed by atoms with Crippen molar-refractivity contribution in [3.63, 3.8) is 0 Å². The molecule has 0 spiro atoms. The fraction of sp³-hybridized carbons (Fsp3) is 0.667. The number of hydrogen-bond acceptors (Lipinski definition) is 3. The molecule has 118 valence electrons. The third-order valence-electron chi connectivity index (χ3n) is 4.74. The topological polar surface area (TPSA) is 32.5 Å². The fourth-order valence-electron chi connectivity index (χ4n) is 3.49. The van der Waals surface area contributed by atoms with E-state index in [0.717, 1.165) is 26.2 Å². The Morgan fingerprint density at radius 2 is 1.38 bits per heavy atom. The van der Waals surface area contributed by atoms with Crippen LogP contribution in [0.4, 0.5) is 0 Å². The molecule has 1 saturated heterocycles. The predicted octanol–water partition coefficient (Wildman–Crippen LogP) is 2.74. The maximum atomic E-state index is 6.61. The first kappa shape index (κ1) is 16.5. The molecule has 1 aliphatic heterocycles. The van der Waals surface area contributed by atoms with Gasteiger partial charge in [0.2, 0.25) is 0 Å². The highest BCUT2D eigenvalue weighted by molar-refractivity contribution is 5.20. The van der Waals surface area contributed by atoms with Crippen LogP contribution in [0.2, 0.25) is 0 Å². The van der Waals surface area contributed by atoms with Gasteiger partial charge in [-0.1, -0.05) is 44.2 Å². The van der Waals surface area contributed by atoms with Crippen molar-refractivity contribution in [3.05, 3.63) is 35.9 Å². The fourth-order valence-corrected chi connectivity index (χ4v) is 3.49. The third-order valence-corrected chi connectivity index (χ3v) is 4.74. The molecule has 0 radical (unpaired) electrons. The average Bonchev–Trinajstić information content (AvgIpc) is 2.48. The second kappa shape index (κ2) is 7.39. The SMILES string of the molecule is CC(C)C(C(N)c1ccccc1)N1CCN(C(C)C)CC1. The van der Waals surface area contributed by atoms with Gasteiger partial charge in [0.25, 0.3) is 0 Å². The molecule has 3 heteroatoms. The van der Waals surface area contributed by atoms with Gasteiger partial charge in [-0.25, -0.2) is 0 Å². The zero-order valence-electron chi connectivity index (χ0n) is 14.0. The summed E-state index contributed by atoms with van der Waals surface area (Å²) in [5, 5.41) is 0. The molecular weight excluding hydrogens is 258 g/mol. The van der Waals surface area contributed by atoms with E-state index in [9.17, 15) is 0 Å². The molecule has 0 aliphatic carbocycles. The highest BCUT2D eigenvalue weighted by atomic mass is 15.3. The van der Waals surface area contributed by atoms with Gasteiger partial charge in [-0.15, -0.1) is 0 Å². The summed E-state index contributed by atoms with van der Waals surface area (Å²) < 4.78 is 0. The van der Waals surface area contributed by atoms with Gasteiger partial charge in [-0.05, 0) is 25.3 Å². The van der Waals surface area contributed by atoms with Crippen molar-refractivity contribution < 1.29 is 0 Å². The van der Waals surface area contributed by atoms with Crippen LogP contribution in [-0.4, -0.2) is 48.1 Å². The van der Waals surface area contributed by atoms with E-state index in [-0.39, 0.29) is 6.04 Å². The van der Waals surface area contributed by atoms with Gasteiger partial charge in [0.05, 0.1) is 0 Å². The van der Waals surface area contributed by atoms with Crippen LogP contribution in [0.25, 0.3) is 0 Å². The standard InChI is InChI=1S/C18H31N3/c1-14(2)18(17(19)16-8-6-5-7-9-16)21-12-10-20(11-13-21)15(3)4/h5-9,14-15,17-18H,10-13,19H2,1-4H3. The largest absolute Gasteiger partial charge is 0.323 e. The lowest BCUT2D eigenvalue weighted by molar-refractivity contribution is 0.0508. The van der Waals surface area contributed by atoms with E-state index in [4.69, 9.17) is 5.73 Å². The Morgan fingerprint density at radius 3 is 1.86 bits per heavy atom. The highest BCUT2D eigenvalue weighted by Gasteiger charge is 2.31. The zero-order valence-corrected chi connectivity index (χ0v) is 14.0. The molecule has 1 fully saturated rings. The van der Waals surface area contributed by atoms with Crippen molar-refractivity contribution in [2.24, 2.45) is 11.7 Å². The number of benzene rings is 1. The van der Waals surface area contributed by atoms with Crippen molar-refractivity contribution in [1.29, 1.82) is 0 Å². The molecule has 1 aliphatic rings. The van der Waals surface area contributed by atoms with Crippen molar-refractivity contribution in [3.8, 4) is 0 Å². The monoisotopic (exact) mass is 289 g/mol. The summed E-state index contributed by atoms with van der Waals surface area (Å²) in [4.78, 5) is 5.16. The molecule has 1 aromatic carbocycles. The van der Waals surface area contributed by atoms with Crippen LogP contribution >= 0.6 is 0 Å². The van der Waals surface area contributed by atoms with E-state index >= 15 is 0 Å². The van der Waals surface area contributed by atoms with Crippen molar-refractivity contribution >= 4 is 0 Å². The predicted molar refractivity (Wildman–Crippen MR) is 90.3 cm³/mol. The van der Waals surface area contributed by atoms with E-state index in [1.807, 2.05) is 0 Å². The number of hydrogen-bond donors (Lipinski definition) is 1. The number of rotatable bonds is 5. The van der Waals surface area contributed by atoms with Crippen LogP contribution in [0.3, 0.4) is 0 Å². The Bertz CT molecular complexity index is 408. The summed E-state index contributed by atoms with van der Waals surface area (Å²) in [5.74, 6) is 0.561. The van der Waals surface area contributed by atoms with E-state index in [1.54, 1.807) is 0 Å². The lowest BCUT2D eigenvalue weighted by Gasteiger charge is -2.44. The summed E-state index contributed by atoms with van der Waals surface area (Å²) >= 11 is 0. The quantitative estimate of drug-likeness (QED) is 0.904. The van der Waals surface area contributed by atoms with E-state index in [0.29, 0.717) is 18.0 Å². The molecule has 0 bridgehead atoms. The van der Waals surface area contributed by atoms with E-state index in [1.165, 1.54) is 5.56 Å². The van der Waals surface area contributed by atoms with Crippen LogP contribution in [0.1, 0.15) is 39.3 Å². The Morgan fingerprint density at radius 1 is 0.857 bits per heavy atom. The summed E-state index contributed by atoms with van der Waals surface area (Å²) in [7, 11) is 0. The Hall–Kier alpha value is -0.900. The maximum absolute atomic E-state index is 6.61. The molecule has 2 atom stereocenters. The van der Waals surface area contributed by atoms with Crippen LogP contribution in [-0.2, 0) is 0 Å². The molecule has 21 heavy (non-hydrogen) atoms. The van der Waals surface area contributed by atoms with Gasteiger partial charge >= 0.3 is 0 Å². The molecular formula is C18H31N3. The van der Waals surface area contributed by atoms with Crippen LogP contribution in [0, 0.1) is 5.92 Å². The minimum absolute atomic E-state index is 0.0943. The molecule has 0 aromatic heterocycles. The Labute approximate surface area is 130 Å². The van der Waals surface area contributed by atoms with Crippen molar-refractivity contribution in [2.75, 3.05) is 26.2 Å². The summed E-state index contributed by atoms with van der Waals surface area (Å²) in [6.07, 6.45) is 0. The first-order valence-corrected chi connectivity index (χ1v) is 8.29. The molecule has 0 amide bonds. The van der Waals surface area contributed by atoms with Gasteiger partial charge in [0.1, 0.15) is 0 Å². The van der Waals surface area contributed by atoms with Gasteiger partial charge in [0, 0.05) is 44.3 Å². The van der Waals surface area contributed by atoms with Crippen LogP contribution in [0.15, 0.2) is 30.3 Å². The van der Waals surface area contributed by atoms with Crippen molar-refractivity contribution in [2.45, 2.75) is 45.8 Å². The van der Waals surface area contributed by atoms with Crippen molar-refractivity contribution in [1.82, 2.24) is 9.80 Å². The first-order valence-electron chi connectivity index (χ1n) is 8.29. The zero-order chi connectivity index (χ0) is 15.4. The van der Waals surface area contributed by atoms with Gasteiger partial charge in [-0.2, -0.15) is 0 Å². The summed E-state index contributed by atoms with van der Waals surface area (Å²) in [5.41, 5.74) is 7.86. The third kappa shape index (κ3) is 4.06. The van der Waals surface area contributed by atoms with E-state index < -0.39 is 0 Å². The van der Waals surface area contributed by atoms with E-state index in [2.05, 4.69) is 67.8 Å². The molecule has 2 rings (SSSR count).